The lowest BCUT2D eigenvalue weighted by Gasteiger charge is -2.05. The van der Waals surface area contributed by atoms with Crippen LogP contribution in [0.25, 0.3) is 0 Å². The van der Waals surface area contributed by atoms with Crippen molar-refractivity contribution in [2.24, 2.45) is 0 Å². The van der Waals surface area contributed by atoms with Gasteiger partial charge >= 0.3 is 0 Å². The molecule has 0 bridgehead atoms. The summed E-state index contributed by atoms with van der Waals surface area (Å²) in [4.78, 5) is 0. The van der Waals surface area contributed by atoms with Gasteiger partial charge in [0.1, 0.15) is 11.6 Å². The molecule has 0 fully saturated rings. The summed E-state index contributed by atoms with van der Waals surface area (Å²) >= 11 is 5.79. The topological polar surface area (TPSA) is 20.2 Å². The average molecular weight is 302 g/mol. The highest BCUT2D eigenvalue weighted by Gasteiger charge is 2.13. The van der Waals surface area contributed by atoms with E-state index in [1.54, 1.807) is 0 Å². The molecule has 0 aliphatic carbocycles. The molecular weight excluding hydrogens is 298 g/mol. The van der Waals surface area contributed by atoms with E-state index in [-0.39, 0.29) is 14.5 Å². The maximum absolute atomic E-state index is 12.8. The van der Waals surface area contributed by atoms with Crippen LogP contribution >= 0.6 is 31.9 Å². The van der Waals surface area contributed by atoms with Crippen LogP contribution in [-0.2, 0) is 6.61 Å². The SMILES string of the molecule is OCc1c(Br)c(F)cc(F)c1Br. The Morgan fingerprint density at radius 2 is 1.58 bits per heavy atom. The molecule has 12 heavy (non-hydrogen) atoms. The molecular formula is C7H4Br2F2O. The molecule has 0 atom stereocenters. The van der Waals surface area contributed by atoms with Crippen LogP contribution in [0.2, 0.25) is 0 Å². The molecule has 1 nitrogen and oxygen atoms in total. The van der Waals surface area contributed by atoms with E-state index in [1.807, 2.05) is 0 Å². The molecule has 0 aliphatic rings. The van der Waals surface area contributed by atoms with Crippen molar-refractivity contribution in [1.82, 2.24) is 0 Å². The first-order valence-corrected chi connectivity index (χ1v) is 4.59. The lowest BCUT2D eigenvalue weighted by atomic mass is 10.2. The monoisotopic (exact) mass is 300 g/mol. The highest BCUT2D eigenvalue weighted by atomic mass is 79.9. The van der Waals surface area contributed by atoms with E-state index < -0.39 is 18.2 Å². The first-order valence-electron chi connectivity index (χ1n) is 3.00. The van der Waals surface area contributed by atoms with Gasteiger partial charge in [0.25, 0.3) is 0 Å². The van der Waals surface area contributed by atoms with Gasteiger partial charge in [-0.2, -0.15) is 0 Å². The molecule has 0 aromatic heterocycles. The number of rotatable bonds is 1. The van der Waals surface area contributed by atoms with Crippen molar-refractivity contribution >= 4 is 31.9 Å². The zero-order chi connectivity index (χ0) is 9.30. The van der Waals surface area contributed by atoms with Gasteiger partial charge in [0.2, 0.25) is 0 Å². The van der Waals surface area contributed by atoms with Crippen LogP contribution in [0.4, 0.5) is 8.78 Å². The number of hydrogen-bond donors (Lipinski definition) is 1. The predicted molar refractivity (Wildman–Crippen MR) is 47.7 cm³/mol. The fourth-order valence-corrected chi connectivity index (χ4v) is 1.90. The third-order valence-electron chi connectivity index (χ3n) is 1.36. The molecule has 5 heteroatoms. The average Bonchev–Trinajstić information content (AvgIpc) is 2.02. The number of aliphatic hydroxyl groups excluding tert-OH is 1. The second-order valence-electron chi connectivity index (χ2n) is 2.10. The van der Waals surface area contributed by atoms with Gasteiger partial charge in [-0.25, -0.2) is 8.78 Å². The predicted octanol–water partition coefficient (Wildman–Crippen LogP) is 2.98. The fraction of sp³-hybridized carbons (Fsp3) is 0.143. The van der Waals surface area contributed by atoms with Crippen LogP contribution in [0.3, 0.4) is 0 Å². The van der Waals surface area contributed by atoms with E-state index in [1.165, 1.54) is 0 Å². The quantitative estimate of drug-likeness (QED) is 0.791. The van der Waals surface area contributed by atoms with E-state index in [2.05, 4.69) is 31.9 Å². The Morgan fingerprint density at radius 1 is 1.17 bits per heavy atom. The molecule has 0 spiro atoms. The highest BCUT2D eigenvalue weighted by Crippen LogP contribution is 2.30. The summed E-state index contributed by atoms with van der Waals surface area (Å²) in [6, 6.07) is 0.743. The normalized spacial score (nSPS) is 10.4. The van der Waals surface area contributed by atoms with Gasteiger partial charge in [-0.1, -0.05) is 0 Å². The van der Waals surface area contributed by atoms with Crippen LogP contribution in [-0.4, -0.2) is 5.11 Å². The van der Waals surface area contributed by atoms with Gasteiger partial charge in [-0.05, 0) is 31.9 Å². The molecule has 0 saturated heterocycles. The van der Waals surface area contributed by atoms with Gasteiger partial charge in [0, 0.05) is 11.6 Å². The van der Waals surface area contributed by atoms with E-state index in [4.69, 9.17) is 5.11 Å². The van der Waals surface area contributed by atoms with Crippen LogP contribution in [0.15, 0.2) is 15.0 Å². The van der Waals surface area contributed by atoms with Gasteiger partial charge in [0.05, 0.1) is 15.6 Å². The molecule has 1 rings (SSSR count). The Morgan fingerprint density at radius 3 is 1.92 bits per heavy atom. The largest absolute Gasteiger partial charge is 0.392 e. The molecule has 0 aliphatic heterocycles. The number of aliphatic hydroxyl groups is 1. The van der Waals surface area contributed by atoms with Crippen LogP contribution in [0, 0.1) is 11.6 Å². The summed E-state index contributed by atoms with van der Waals surface area (Å²) in [6.07, 6.45) is 0. The maximum Gasteiger partial charge on any atom is 0.140 e. The summed E-state index contributed by atoms with van der Waals surface area (Å²) < 4.78 is 25.7. The van der Waals surface area contributed by atoms with Gasteiger partial charge in [-0.15, -0.1) is 0 Å². The maximum atomic E-state index is 12.8. The zero-order valence-corrected chi connectivity index (χ0v) is 8.92. The third kappa shape index (κ3) is 1.67. The minimum Gasteiger partial charge on any atom is -0.392 e. The number of halogens is 4. The smallest absolute Gasteiger partial charge is 0.140 e. The molecule has 1 aromatic carbocycles. The highest BCUT2D eigenvalue weighted by molar-refractivity contribution is 9.11. The van der Waals surface area contributed by atoms with Gasteiger partial charge in [0.15, 0.2) is 0 Å². The van der Waals surface area contributed by atoms with Crippen molar-refractivity contribution in [1.29, 1.82) is 0 Å². The summed E-state index contributed by atoms with van der Waals surface area (Å²) in [6.45, 7) is -0.421. The van der Waals surface area contributed by atoms with Gasteiger partial charge < -0.3 is 5.11 Å². The Bertz CT molecular complexity index is 289. The molecule has 0 heterocycles. The molecule has 0 unspecified atom stereocenters. The Balaban J connectivity index is 3.42. The van der Waals surface area contributed by atoms with Gasteiger partial charge in [-0.3, -0.25) is 0 Å². The van der Waals surface area contributed by atoms with Crippen molar-refractivity contribution in [3.63, 3.8) is 0 Å². The van der Waals surface area contributed by atoms with Crippen molar-refractivity contribution in [3.8, 4) is 0 Å². The molecule has 0 saturated carbocycles. The second-order valence-corrected chi connectivity index (χ2v) is 3.69. The molecule has 0 radical (unpaired) electrons. The van der Waals surface area contributed by atoms with Crippen molar-refractivity contribution in [2.45, 2.75) is 6.61 Å². The van der Waals surface area contributed by atoms with E-state index in [0.717, 1.165) is 6.07 Å². The zero-order valence-electron chi connectivity index (χ0n) is 5.74. The Hall–Kier alpha value is -0.000000000000000111. The van der Waals surface area contributed by atoms with E-state index >= 15 is 0 Å². The molecule has 0 amide bonds. The van der Waals surface area contributed by atoms with E-state index in [0.29, 0.717) is 0 Å². The third-order valence-corrected chi connectivity index (χ3v) is 3.08. The van der Waals surface area contributed by atoms with Crippen LogP contribution in [0.1, 0.15) is 5.56 Å². The number of benzene rings is 1. The first-order chi connectivity index (χ1) is 5.57. The second kappa shape index (κ2) is 3.81. The van der Waals surface area contributed by atoms with Crippen LogP contribution < -0.4 is 0 Å². The first kappa shape index (κ1) is 10.1. The Kier molecular flexibility index (Phi) is 3.20. The van der Waals surface area contributed by atoms with Crippen molar-refractivity contribution < 1.29 is 13.9 Å². The summed E-state index contributed by atoms with van der Waals surface area (Å²) in [5, 5.41) is 8.75. The fourth-order valence-electron chi connectivity index (χ4n) is 0.761. The number of hydrogen-bond acceptors (Lipinski definition) is 1. The minimum atomic E-state index is -0.722. The summed E-state index contributed by atoms with van der Waals surface area (Å²) in [5.41, 5.74) is 0.174. The molecule has 1 aromatic rings. The molecule has 1 N–H and O–H groups in total. The standard InChI is InChI=1S/C7H4Br2F2O/c8-6-3(2-12)7(9)5(11)1-4(6)10/h1,12H,2H2. The molecule has 66 valence electrons. The minimum absolute atomic E-state index is 0.0817. The van der Waals surface area contributed by atoms with Crippen LogP contribution in [0.5, 0.6) is 0 Å². The lowest BCUT2D eigenvalue weighted by molar-refractivity contribution is 0.278. The van der Waals surface area contributed by atoms with E-state index in [9.17, 15) is 8.78 Å². The Labute approximate surface area is 84.7 Å². The lowest BCUT2D eigenvalue weighted by Crippen LogP contribution is -1.94. The summed E-state index contributed by atoms with van der Waals surface area (Å²) in [7, 11) is 0. The van der Waals surface area contributed by atoms with Crippen molar-refractivity contribution in [3.05, 3.63) is 32.2 Å². The summed E-state index contributed by atoms with van der Waals surface area (Å²) in [5.74, 6) is -1.44. The van der Waals surface area contributed by atoms with Crippen molar-refractivity contribution in [2.75, 3.05) is 0 Å².